The second-order valence-corrected chi connectivity index (χ2v) is 5.93. The van der Waals surface area contributed by atoms with Crippen LogP contribution in [0.25, 0.3) is 0 Å². The number of amides is 2. The molecule has 3 heterocycles. The number of ether oxygens (including phenoxy) is 1. The minimum absolute atomic E-state index is 0.0332. The van der Waals surface area contributed by atoms with Crippen molar-refractivity contribution in [1.29, 1.82) is 0 Å². The molecule has 0 aliphatic carbocycles. The largest absolute Gasteiger partial charge is 0.378 e. The van der Waals surface area contributed by atoms with Gasteiger partial charge in [-0.15, -0.1) is 0 Å². The molecule has 120 valence electrons. The summed E-state index contributed by atoms with van der Waals surface area (Å²) in [6.07, 6.45) is 4.82. The number of carbonyl (C=O) groups is 2. The van der Waals surface area contributed by atoms with Crippen LogP contribution in [0.1, 0.15) is 23.3 Å². The maximum absolute atomic E-state index is 12.5. The molecule has 22 heavy (non-hydrogen) atoms. The lowest BCUT2D eigenvalue weighted by atomic mass is 9.95. The van der Waals surface area contributed by atoms with Crippen molar-refractivity contribution in [1.82, 2.24) is 19.4 Å². The number of likely N-dealkylation sites (tertiary alicyclic amines) is 1. The first-order valence-corrected chi connectivity index (χ1v) is 7.79. The van der Waals surface area contributed by atoms with Crippen molar-refractivity contribution in [2.45, 2.75) is 12.8 Å². The van der Waals surface area contributed by atoms with Gasteiger partial charge in [-0.2, -0.15) is 0 Å². The number of aryl methyl sites for hydroxylation is 1. The van der Waals surface area contributed by atoms with Crippen LogP contribution in [0.5, 0.6) is 0 Å². The molecular weight excluding hydrogens is 284 g/mol. The van der Waals surface area contributed by atoms with E-state index >= 15 is 0 Å². The highest BCUT2D eigenvalue weighted by Gasteiger charge is 2.31. The first kappa shape index (κ1) is 15.0. The molecule has 0 spiro atoms. The molecule has 0 N–H and O–H groups in total. The molecule has 0 saturated carbocycles. The Bertz CT molecular complexity index is 543. The maximum Gasteiger partial charge on any atom is 0.274 e. The van der Waals surface area contributed by atoms with Crippen molar-refractivity contribution in [2.75, 3.05) is 39.4 Å². The van der Waals surface area contributed by atoms with Gasteiger partial charge in [-0.05, 0) is 12.8 Å². The predicted molar refractivity (Wildman–Crippen MR) is 79.2 cm³/mol. The fraction of sp³-hybridized carbons (Fsp3) is 0.667. The predicted octanol–water partition coefficient (Wildman–Crippen LogP) is 0.131. The second kappa shape index (κ2) is 6.48. The van der Waals surface area contributed by atoms with E-state index in [2.05, 4.69) is 4.98 Å². The van der Waals surface area contributed by atoms with E-state index in [4.69, 9.17) is 4.74 Å². The third-order valence-electron chi connectivity index (χ3n) is 4.38. The van der Waals surface area contributed by atoms with Gasteiger partial charge in [0, 0.05) is 45.3 Å². The highest BCUT2D eigenvalue weighted by molar-refractivity contribution is 5.92. The first-order valence-electron chi connectivity index (χ1n) is 7.79. The third kappa shape index (κ3) is 3.14. The highest BCUT2D eigenvalue weighted by atomic mass is 16.5. The van der Waals surface area contributed by atoms with E-state index in [1.165, 1.54) is 0 Å². The van der Waals surface area contributed by atoms with Crippen LogP contribution in [0.2, 0.25) is 0 Å². The van der Waals surface area contributed by atoms with Crippen LogP contribution >= 0.6 is 0 Å². The van der Waals surface area contributed by atoms with E-state index in [-0.39, 0.29) is 17.7 Å². The third-order valence-corrected chi connectivity index (χ3v) is 4.38. The molecule has 0 unspecified atom stereocenters. The van der Waals surface area contributed by atoms with Gasteiger partial charge < -0.3 is 19.1 Å². The zero-order chi connectivity index (χ0) is 15.5. The molecule has 0 atom stereocenters. The van der Waals surface area contributed by atoms with E-state index < -0.39 is 0 Å². The molecular formula is C15H22N4O3. The Labute approximate surface area is 129 Å². The van der Waals surface area contributed by atoms with Crippen LogP contribution in [0.15, 0.2) is 12.5 Å². The SMILES string of the molecule is Cn1cnc(C(=O)N2CCC(C(=O)N3CCOCC3)CC2)c1. The zero-order valence-corrected chi connectivity index (χ0v) is 12.9. The summed E-state index contributed by atoms with van der Waals surface area (Å²) < 4.78 is 7.05. The molecule has 0 bridgehead atoms. The van der Waals surface area contributed by atoms with Crippen LogP contribution in [0, 0.1) is 5.92 Å². The lowest BCUT2D eigenvalue weighted by Gasteiger charge is -2.35. The second-order valence-electron chi connectivity index (χ2n) is 5.93. The molecule has 2 fully saturated rings. The summed E-state index contributed by atoms with van der Waals surface area (Å²) in [5.41, 5.74) is 0.473. The van der Waals surface area contributed by atoms with Gasteiger partial charge in [0.25, 0.3) is 5.91 Å². The van der Waals surface area contributed by atoms with Crippen LogP contribution in [0.4, 0.5) is 0 Å². The lowest BCUT2D eigenvalue weighted by Crippen LogP contribution is -2.47. The van der Waals surface area contributed by atoms with Crippen molar-refractivity contribution in [2.24, 2.45) is 13.0 Å². The van der Waals surface area contributed by atoms with E-state index in [0.717, 1.165) is 12.8 Å². The van der Waals surface area contributed by atoms with Crippen molar-refractivity contribution < 1.29 is 14.3 Å². The molecule has 3 rings (SSSR count). The minimum Gasteiger partial charge on any atom is -0.378 e. The van der Waals surface area contributed by atoms with Gasteiger partial charge in [-0.3, -0.25) is 9.59 Å². The van der Waals surface area contributed by atoms with Crippen LogP contribution in [0.3, 0.4) is 0 Å². The number of aromatic nitrogens is 2. The van der Waals surface area contributed by atoms with Crippen molar-refractivity contribution >= 4 is 11.8 Å². The van der Waals surface area contributed by atoms with Gasteiger partial charge in [-0.1, -0.05) is 0 Å². The van der Waals surface area contributed by atoms with E-state index in [0.29, 0.717) is 45.1 Å². The number of rotatable bonds is 2. The molecule has 2 aliphatic rings. The maximum atomic E-state index is 12.5. The zero-order valence-electron chi connectivity index (χ0n) is 12.9. The number of hydrogen-bond acceptors (Lipinski definition) is 4. The topological polar surface area (TPSA) is 67.7 Å². The molecule has 2 aliphatic heterocycles. The monoisotopic (exact) mass is 306 g/mol. The Morgan fingerprint density at radius 2 is 1.82 bits per heavy atom. The van der Waals surface area contributed by atoms with Crippen molar-refractivity contribution in [3.63, 3.8) is 0 Å². The molecule has 0 aromatic carbocycles. The van der Waals surface area contributed by atoms with Gasteiger partial charge in [-0.25, -0.2) is 4.98 Å². The summed E-state index contributed by atoms with van der Waals surface area (Å²) in [5.74, 6) is 0.206. The van der Waals surface area contributed by atoms with Gasteiger partial charge in [0.2, 0.25) is 5.91 Å². The number of nitrogens with zero attached hydrogens (tertiary/aromatic N) is 4. The lowest BCUT2D eigenvalue weighted by molar-refractivity contribution is -0.141. The van der Waals surface area contributed by atoms with Crippen molar-refractivity contribution in [3.8, 4) is 0 Å². The molecule has 7 heteroatoms. The van der Waals surface area contributed by atoms with E-state index in [9.17, 15) is 9.59 Å². The summed E-state index contributed by atoms with van der Waals surface area (Å²) in [4.78, 5) is 32.6. The Balaban J connectivity index is 1.53. The smallest absolute Gasteiger partial charge is 0.274 e. The standard InChI is InChI=1S/C15H22N4O3/c1-17-10-13(16-11-17)15(21)18-4-2-12(3-5-18)14(20)19-6-8-22-9-7-19/h10-12H,2-9H2,1H3. The molecule has 1 aromatic heterocycles. The fourth-order valence-electron chi connectivity index (χ4n) is 3.06. The number of hydrogen-bond donors (Lipinski definition) is 0. The van der Waals surface area contributed by atoms with Gasteiger partial charge in [0.1, 0.15) is 5.69 Å². The first-order chi connectivity index (χ1) is 10.6. The average molecular weight is 306 g/mol. The van der Waals surface area contributed by atoms with Crippen molar-refractivity contribution in [3.05, 3.63) is 18.2 Å². The fourth-order valence-corrected chi connectivity index (χ4v) is 3.06. The van der Waals surface area contributed by atoms with Gasteiger partial charge >= 0.3 is 0 Å². The summed E-state index contributed by atoms with van der Waals surface area (Å²) in [6, 6.07) is 0. The summed E-state index contributed by atoms with van der Waals surface area (Å²) in [6.45, 7) is 3.87. The Morgan fingerprint density at radius 3 is 2.41 bits per heavy atom. The van der Waals surface area contributed by atoms with Crippen LogP contribution in [-0.2, 0) is 16.6 Å². The number of imidazole rings is 1. The molecule has 2 saturated heterocycles. The normalized spacial score (nSPS) is 20.2. The van der Waals surface area contributed by atoms with Crippen LogP contribution in [-0.4, -0.2) is 70.6 Å². The number of morpholine rings is 1. The quantitative estimate of drug-likeness (QED) is 0.779. The van der Waals surface area contributed by atoms with Crippen LogP contribution < -0.4 is 0 Å². The Hall–Kier alpha value is -1.89. The average Bonchev–Trinajstić information content (AvgIpc) is 3.01. The Morgan fingerprint density at radius 1 is 1.14 bits per heavy atom. The molecule has 2 amide bonds. The van der Waals surface area contributed by atoms with Gasteiger partial charge in [0.15, 0.2) is 0 Å². The molecule has 0 radical (unpaired) electrons. The highest BCUT2D eigenvalue weighted by Crippen LogP contribution is 2.21. The summed E-state index contributed by atoms with van der Waals surface area (Å²) in [7, 11) is 1.84. The minimum atomic E-state index is -0.0436. The van der Waals surface area contributed by atoms with E-state index in [1.807, 2.05) is 11.9 Å². The number of piperidine rings is 1. The summed E-state index contributed by atoms with van der Waals surface area (Å²) >= 11 is 0. The van der Waals surface area contributed by atoms with Gasteiger partial charge in [0.05, 0.1) is 19.5 Å². The Kier molecular flexibility index (Phi) is 4.42. The molecule has 1 aromatic rings. The summed E-state index contributed by atoms with van der Waals surface area (Å²) in [5, 5.41) is 0. The molecule has 7 nitrogen and oxygen atoms in total. The van der Waals surface area contributed by atoms with E-state index in [1.54, 1.807) is 22.0 Å². The number of carbonyl (C=O) groups excluding carboxylic acids is 2.